The van der Waals surface area contributed by atoms with E-state index in [1.807, 2.05) is 0 Å². The highest BCUT2D eigenvalue weighted by molar-refractivity contribution is 9.09. The van der Waals surface area contributed by atoms with Gasteiger partial charge in [0.2, 0.25) is 0 Å². The molecule has 0 rings (SSSR count). The molecule has 2 nitrogen and oxygen atoms in total. The second kappa shape index (κ2) is 6.02. The fraction of sp³-hybridized carbons (Fsp3) is 1.00. The van der Waals surface area contributed by atoms with Crippen LogP contribution in [0.2, 0.25) is 0 Å². The first-order valence-electron chi connectivity index (χ1n) is 4.68. The number of alkyl halides is 1. The first-order valence-corrected chi connectivity index (χ1v) is 7.66. The highest BCUT2D eigenvalue weighted by atomic mass is 79.9. The second-order valence-corrected chi connectivity index (χ2v) is 7.11. The third kappa shape index (κ3) is 7.50. The van der Waals surface area contributed by atoms with Crippen molar-refractivity contribution in [1.29, 1.82) is 0 Å². The van der Waals surface area contributed by atoms with Crippen LogP contribution in [0.25, 0.3) is 0 Å². The molecule has 0 saturated carbocycles. The lowest BCUT2D eigenvalue weighted by Gasteiger charge is -2.15. The summed E-state index contributed by atoms with van der Waals surface area (Å²) < 4.78 is 21.7. The fourth-order valence-corrected chi connectivity index (χ4v) is 2.21. The van der Waals surface area contributed by atoms with E-state index in [2.05, 4.69) is 29.8 Å². The standard InChI is InChI=1S/C9H19BrO2S/c1-4-9(10)8(2)6-5-7-13(3,11)12/h8-9H,4-7H2,1-3H3. The molecule has 0 N–H and O–H groups in total. The van der Waals surface area contributed by atoms with Crippen molar-refractivity contribution in [3.05, 3.63) is 0 Å². The Morgan fingerprint density at radius 2 is 1.92 bits per heavy atom. The van der Waals surface area contributed by atoms with Gasteiger partial charge in [0, 0.05) is 16.8 Å². The molecule has 0 aliphatic heterocycles. The van der Waals surface area contributed by atoms with Gasteiger partial charge in [-0.2, -0.15) is 0 Å². The number of hydrogen-bond donors (Lipinski definition) is 0. The molecule has 0 radical (unpaired) electrons. The van der Waals surface area contributed by atoms with Crippen molar-refractivity contribution in [2.75, 3.05) is 12.0 Å². The van der Waals surface area contributed by atoms with Crippen LogP contribution in [0.15, 0.2) is 0 Å². The molecule has 2 atom stereocenters. The van der Waals surface area contributed by atoms with Crippen LogP contribution in [0.1, 0.15) is 33.1 Å². The summed E-state index contributed by atoms with van der Waals surface area (Å²) in [4.78, 5) is 0.520. The molecule has 0 aliphatic rings. The highest BCUT2D eigenvalue weighted by Crippen LogP contribution is 2.20. The van der Waals surface area contributed by atoms with Gasteiger partial charge in [0.25, 0.3) is 0 Å². The van der Waals surface area contributed by atoms with Gasteiger partial charge >= 0.3 is 0 Å². The van der Waals surface area contributed by atoms with E-state index in [4.69, 9.17) is 0 Å². The predicted octanol–water partition coefficient (Wildman–Crippen LogP) is 2.62. The minimum atomic E-state index is -2.77. The van der Waals surface area contributed by atoms with E-state index < -0.39 is 9.84 Å². The third-order valence-electron chi connectivity index (χ3n) is 2.18. The average molecular weight is 271 g/mol. The van der Waals surface area contributed by atoms with E-state index in [-0.39, 0.29) is 0 Å². The van der Waals surface area contributed by atoms with Crippen molar-refractivity contribution in [2.45, 2.75) is 37.9 Å². The Kier molecular flexibility index (Phi) is 6.21. The van der Waals surface area contributed by atoms with Crippen molar-refractivity contribution >= 4 is 25.8 Å². The molecule has 0 heterocycles. The molecule has 0 aliphatic carbocycles. The molecule has 0 spiro atoms. The fourth-order valence-electron chi connectivity index (χ4n) is 1.25. The first kappa shape index (κ1) is 13.4. The molecule has 0 aromatic heterocycles. The number of hydrogen-bond acceptors (Lipinski definition) is 2. The number of halogens is 1. The lowest BCUT2D eigenvalue weighted by molar-refractivity contribution is 0.497. The van der Waals surface area contributed by atoms with Crippen molar-refractivity contribution < 1.29 is 8.42 Å². The van der Waals surface area contributed by atoms with Crippen LogP contribution in [0.3, 0.4) is 0 Å². The molecular formula is C9H19BrO2S. The Morgan fingerprint density at radius 1 is 1.38 bits per heavy atom. The molecule has 0 aromatic rings. The van der Waals surface area contributed by atoms with Gasteiger partial charge in [-0.1, -0.05) is 29.8 Å². The summed E-state index contributed by atoms with van der Waals surface area (Å²) in [5.74, 6) is 0.882. The Hall–Kier alpha value is 0.430. The molecule has 2 unspecified atom stereocenters. The van der Waals surface area contributed by atoms with Gasteiger partial charge in [-0.3, -0.25) is 0 Å². The Bertz CT molecular complexity index is 224. The third-order valence-corrected chi connectivity index (χ3v) is 4.76. The summed E-state index contributed by atoms with van der Waals surface area (Å²) in [5, 5.41) is 0. The summed E-state index contributed by atoms with van der Waals surface area (Å²) in [5.41, 5.74) is 0. The van der Waals surface area contributed by atoms with Crippen molar-refractivity contribution in [1.82, 2.24) is 0 Å². The molecule has 0 amide bonds. The molecular weight excluding hydrogens is 252 g/mol. The zero-order valence-electron chi connectivity index (χ0n) is 8.59. The number of rotatable bonds is 6. The Labute approximate surface area is 90.2 Å². The minimum Gasteiger partial charge on any atom is -0.229 e. The normalized spacial score (nSPS) is 16.9. The van der Waals surface area contributed by atoms with E-state index in [1.54, 1.807) is 0 Å². The van der Waals surface area contributed by atoms with Crippen molar-refractivity contribution in [3.8, 4) is 0 Å². The van der Waals surface area contributed by atoms with E-state index >= 15 is 0 Å². The molecule has 0 bridgehead atoms. The summed E-state index contributed by atoms with van der Waals surface area (Å²) >= 11 is 3.57. The highest BCUT2D eigenvalue weighted by Gasteiger charge is 2.12. The van der Waals surface area contributed by atoms with Gasteiger partial charge in [0.05, 0.1) is 0 Å². The maximum atomic E-state index is 10.8. The Morgan fingerprint density at radius 3 is 2.31 bits per heavy atom. The zero-order valence-corrected chi connectivity index (χ0v) is 11.0. The van der Waals surface area contributed by atoms with Crippen LogP contribution in [0.5, 0.6) is 0 Å². The molecule has 0 saturated heterocycles. The first-order chi connectivity index (χ1) is 5.87. The molecule has 0 aromatic carbocycles. The van der Waals surface area contributed by atoms with E-state index in [1.165, 1.54) is 6.26 Å². The van der Waals surface area contributed by atoms with Crippen LogP contribution >= 0.6 is 15.9 Å². The topological polar surface area (TPSA) is 34.1 Å². The van der Waals surface area contributed by atoms with Crippen LogP contribution in [-0.4, -0.2) is 25.3 Å². The zero-order chi connectivity index (χ0) is 10.5. The van der Waals surface area contributed by atoms with Crippen molar-refractivity contribution in [3.63, 3.8) is 0 Å². The minimum absolute atomic E-state index is 0.320. The molecule has 13 heavy (non-hydrogen) atoms. The molecule has 0 fully saturated rings. The smallest absolute Gasteiger partial charge is 0.147 e. The summed E-state index contributed by atoms with van der Waals surface area (Å²) in [6.07, 6.45) is 4.15. The van der Waals surface area contributed by atoms with Crippen LogP contribution in [0, 0.1) is 5.92 Å². The maximum Gasteiger partial charge on any atom is 0.147 e. The van der Waals surface area contributed by atoms with Gasteiger partial charge in [-0.15, -0.1) is 0 Å². The average Bonchev–Trinajstić information content (AvgIpc) is 2.00. The van der Waals surface area contributed by atoms with E-state index in [0.29, 0.717) is 16.5 Å². The van der Waals surface area contributed by atoms with Crippen LogP contribution in [0.4, 0.5) is 0 Å². The SMILES string of the molecule is CCC(Br)C(C)CCCS(C)(=O)=O. The van der Waals surface area contributed by atoms with E-state index in [9.17, 15) is 8.42 Å². The summed E-state index contributed by atoms with van der Waals surface area (Å²) in [6.45, 7) is 4.29. The lowest BCUT2D eigenvalue weighted by Crippen LogP contribution is -2.12. The number of sulfone groups is 1. The quantitative estimate of drug-likeness (QED) is 0.696. The van der Waals surface area contributed by atoms with Gasteiger partial charge in [-0.05, 0) is 25.2 Å². The van der Waals surface area contributed by atoms with Crippen molar-refractivity contribution in [2.24, 2.45) is 5.92 Å². The predicted molar refractivity (Wildman–Crippen MR) is 61.1 cm³/mol. The van der Waals surface area contributed by atoms with Gasteiger partial charge in [-0.25, -0.2) is 8.42 Å². The summed E-state index contributed by atoms with van der Waals surface area (Å²) in [6, 6.07) is 0. The van der Waals surface area contributed by atoms with Gasteiger partial charge in [0.15, 0.2) is 0 Å². The monoisotopic (exact) mass is 270 g/mol. The lowest BCUT2D eigenvalue weighted by atomic mass is 10.0. The maximum absolute atomic E-state index is 10.8. The second-order valence-electron chi connectivity index (χ2n) is 3.67. The van der Waals surface area contributed by atoms with Crippen LogP contribution in [-0.2, 0) is 9.84 Å². The molecule has 80 valence electrons. The largest absolute Gasteiger partial charge is 0.229 e. The molecule has 4 heteroatoms. The van der Waals surface area contributed by atoms with Crippen LogP contribution < -0.4 is 0 Å². The van der Waals surface area contributed by atoms with Gasteiger partial charge in [0.1, 0.15) is 9.84 Å². The summed E-state index contributed by atoms with van der Waals surface area (Å²) in [7, 11) is -2.77. The van der Waals surface area contributed by atoms with Gasteiger partial charge < -0.3 is 0 Å². The van der Waals surface area contributed by atoms with E-state index in [0.717, 1.165) is 19.3 Å². The Balaban J connectivity index is 3.65.